The number of imide groups is 1. The third kappa shape index (κ3) is 4.77. The third-order valence-corrected chi connectivity index (χ3v) is 5.78. The van der Waals surface area contributed by atoms with Crippen molar-refractivity contribution in [2.75, 3.05) is 39.8 Å². The summed E-state index contributed by atoms with van der Waals surface area (Å²) >= 11 is 0. The number of likely N-dealkylation sites (N-methyl/N-ethyl adjacent to an activating group) is 1. The number of carboxylic acids is 1. The molecular weight excluding hydrogens is 358 g/mol. The lowest BCUT2D eigenvalue weighted by atomic mass is 10.1. The highest BCUT2D eigenvalue weighted by molar-refractivity contribution is 6.21. The van der Waals surface area contributed by atoms with Gasteiger partial charge in [0.15, 0.2) is 0 Å². The average molecular weight is 387 g/mol. The Morgan fingerprint density at radius 1 is 1.07 bits per heavy atom. The molecule has 1 N–H and O–H groups in total. The first-order valence-electron chi connectivity index (χ1n) is 10.1. The van der Waals surface area contributed by atoms with Crippen LogP contribution in [0.25, 0.3) is 0 Å². The van der Waals surface area contributed by atoms with E-state index >= 15 is 0 Å². The number of carbonyl (C=O) groups excluding carboxylic acids is 2. The number of rotatable bonds is 8. The maximum atomic E-state index is 12.4. The summed E-state index contributed by atoms with van der Waals surface area (Å²) in [7, 11) is 1.89. The van der Waals surface area contributed by atoms with Crippen molar-refractivity contribution in [1.82, 2.24) is 14.7 Å². The molecule has 0 aliphatic carbocycles. The fraction of sp³-hybridized carbons (Fsp3) is 0.571. The molecule has 1 atom stereocenters. The second-order valence-electron chi connectivity index (χ2n) is 7.75. The van der Waals surface area contributed by atoms with E-state index in [0.29, 0.717) is 23.7 Å². The minimum Gasteiger partial charge on any atom is -0.480 e. The number of hydrogen-bond acceptors (Lipinski definition) is 5. The minimum absolute atomic E-state index is 0.0882. The van der Waals surface area contributed by atoms with Crippen molar-refractivity contribution >= 4 is 17.8 Å². The van der Waals surface area contributed by atoms with Crippen LogP contribution in [-0.2, 0) is 4.79 Å². The van der Waals surface area contributed by atoms with Gasteiger partial charge in [-0.1, -0.05) is 12.1 Å². The smallest absolute Gasteiger partial charge is 0.317 e. The van der Waals surface area contributed by atoms with Crippen molar-refractivity contribution in [2.24, 2.45) is 0 Å². The van der Waals surface area contributed by atoms with E-state index in [-0.39, 0.29) is 18.4 Å². The highest BCUT2D eigenvalue weighted by Gasteiger charge is 2.34. The van der Waals surface area contributed by atoms with Gasteiger partial charge in [-0.3, -0.25) is 24.2 Å². The van der Waals surface area contributed by atoms with E-state index in [2.05, 4.69) is 4.90 Å². The van der Waals surface area contributed by atoms with Crippen molar-refractivity contribution in [1.29, 1.82) is 0 Å². The highest BCUT2D eigenvalue weighted by atomic mass is 16.4. The Bertz CT molecular complexity index is 701. The summed E-state index contributed by atoms with van der Waals surface area (Å²) < 4.78 is 0. The normalized spacial score (nSPS) is 20.5. The molecular formula is C21H29N3O4. The monoisotopic (exact) mass is 387 g/mol. The lowest BCUT2D eigenvalue weighted by Gasteiger charge is -2.25. The molecule has 0 saturated carbocycles. The van der Waals surface area contributed by atoms with Crippen molar-refractivity contribution < 1.29 is 19.5 Å². The van der Waals surface area contributed by atoms with Crippen molar-refractivity contribution in [3.05, 3.63) is 35.4 Å². The molecule has 152 valence electrons. The molecule has 0 spiro atoms. The Morgan fingerprint density at radius 2 is 1.71 bits per heavy atom. The molecule has 2 aliphatic heterocycles. The summed E-state index contributed by atoms with van der Waals surface area (Å²) in [5.74, 6) is -1.14. The van der Waals surface area contributed by atoms with E-state index in [1.807, 2.05) is 11.9 Å². The number of fused-ring (bicyclic) bond motifs is 1. The van der Waals surface area contributed by atoms with Crippen LogP contribution in [-0.4, -0.2) is 83.4 Å². The molecule has 0 aromatic heterocycles. The molecule has 0 bridgehead atoms. The van der Waals surface area contributed by atoms with Gasteiger partial charge in [0.25, 0.3) is 11.8 Å². The molecule has 2 heterocycles. The second kappa shape index (κ2) is 9.30. The van der Waals surface area contributed by atoms with E-state index in [0.717, 1.165) is 51.7 Å². The molecule has 1 aromatic carbocycles. The number of likely N-dealkylation sites (tertiary alicyclic amines) is 1. The fourth-order valence-electron chi connectivity index (χ4n) is 4.19. The van der Waals surface area contributed by atoms with Gasteiger partial charge in [0.1, 0.15) is 0 Å². The SMILES string of the molecule is CN(CC(=O)O)C1CCCN(CCCCN2C(=O)c3ccccc3C2=O)CC1. The molecule has 0 radical (unpaired) electrons. The topological polar surface area (TPSA) is 81.2 Å². The van der Waals surface area contributed by atoms with Crippen LogP contribution in [0.15, 0.2) is 24.3 Å². The summed E-state index contributed by atoms with van der Waals surface area (Å²) in [6.07, 6.45) is 4.79. The zero-order chi connectivity index (χ0) is 20.1. The summed E-state index contributed by atoms with van der Waals surface area (Å²) in [6.45, 7) is 3.47. The van der Waals surface area contributed by atoms with E-state index < -0.39 is 5.97 Å². The molecule has 7 heteroatoms. The van der Waals surface area contributed by atoms with Gasteiger partial charge in [0.05, 0.1) is 17.7 Å². The molecule has 3 rings (SSSR count). The van der Waals surface area contributed by atoms with Gasteiger partial charge in [-0.15, -0.1) is 0 Å². The molecule has 1 unspecified atom stereocenters. The standard InChI is InChI=1S/C21H29N3O4/c1-22(15-19(25)26)16-7-6-12-23(14-10-16)11-4-5-13-24-20(27)17-8-2-3-9-18(17)21(24)28/h2-3,8-9,16H,4-7,10-15H2,1H3,(H,25,26). The Kier molecular flexibility index (Phi) is 6.80. The zero-order valence-corrected chi connectivity index (χ0v) is 16.5. The number of benzene rings is 1. The van der Waals surface area contributed by atoms with Crippen molar-refractivity contribution in [3.8, 4) is 0 Å². The van der Waals surface area contributed by atoms with Crippen molar-refractivity contribution in [2.45, 2.75) is 38.1 Å². The van der Waals surface area contributed by atoms with Gasteiger partial charge in [-0.25, -0.2) is 0 Å². The largest absolute Gasteiger partial charge is 0.480 e. The lowest BCUT2D eigenvalue weighted by molar-refractivity contribution is -0.138. The molecule has 28 heavy (non-hydrogen) atoms. The van der Waals surface area contributed by atoms with Gasteiger partial charge in [-0.05, 0) is 70.9 Å². The van der Waals surface area contributed by atoms with Crippen LogP contribution in [0.1, 0.15) is 52.8 Å². The predicted octanol–water partition coefficient (Wildman–Crippen LogP) is 1.93. The van der Waals surface area contributed by atoms with E-state index in [1.165, 1.54) is 4.90 Å². The fourth-order valence-corrected chi connectivity index (χ4v) is 4.19. The number of amides is 2. The number of nitrogens with zero attached hydrogens (tertiary/aromatic N) is 3. The van der Waals surface area contributed by atoms with Gasteiger partial charge in [0, 0.05) is 12.6 Å². The van der Waals surface area contributed by atoms with Crippen molar-refractivity contribution in [3.63, 3.8) is 0 Å². The van der Waals surface area contributed by atoms with E-state index in [4.69, 9.17) is 5.11 Å². The van der Waals surface area contributed by atoms with Crippen LogP contribution in [0.2, 0.25) is 0 Å². The number of hydrogen-bond donors (Lipinski definition) is 1. The zero-order valence-electron chi connectivity index (χ0n) is 16.5. The minimum atomic E-state index is -0.781. The molecule has 1 fully saturated rings. The summed E-state index contributed by atoms with van der Waals surface area (Å²) in [5.41, 5.74) is 1.02. The van der Waals surface area contributed by atoms with E-state index in [1.54, 1.807) is 24.3 Å². The predicted molar refractivity (Wildman–Crippen MR) is 105 cm³/mol. The number of aliphatic carboxylic acids is 1. The summed E-state index contributed by atoms with van der Waals surface area (Å²) in [5, 5.41) is 8.96. The van der Waals surface area contributed by atoms with E-state index in [9.17, 15) is 14.4 Å². The first-order valence-corrected chi connectivity index (χ1v) is 10.1. The van der Waals surface area contributed by atoms with Gasteiger partial charge >= 0.3 is 5.97 Å². The van der Waals surface area contributed by atoms with Crippen LogP contribution in [0.5, 0.6) is 0 Å². The number of carbonyl (C=O) groups is 3. The lowest BCUT2D eigenvalue weighted by Crippen LogP contribution is -2.36. The Hall–Kier alpha value is -2.25. The highest BCUT2D eigenvalue weighted by Crippen LogP contribution is 2.23. The third-order valence-electron chi connectivity index (χ3n) is 5.78. The van der Waals surface area contributed by atoms with Gasteiger partial charge in [0.2, 0.25) is 0 Å². The summed E-state index contributed by atoms with van der Waals surface area (Å²) in [6, 6.07) is 7.32. The maximum Gasteiger partial charge on any atom is 0.317 e. The second-order valence-corrected chi connectivity index (χ2v) is 7.75. The molecule has 1 aromatic rings. The molecule has 1 saturated heterocycles. The Balaban J connectivity index is 1.40. The van der Waals surface area contributed by atoms with Crippen LogP contribution in [0, 0.1) is 0 Å². The first-order chi connectivity index (χ1) is 13.5. The molecule has 2 aliphatic rings. The maximum absolute atomic E-state index is 12.4. The van der Waals surface area contributed by atoms with Gasteiger partial charge in [-0.2, -0.15) is 0 Å². The van der Waals surface area contributed by atoms with Gasteiger partial charge < -0.3 is 10.0 Å². The molecule has 7 nitrogen and oxygen atoms in total. The number of carboxylic acid groups (broad SMARTS) is 1. The average Bonchev–Trinajstić information content (AvgIpc) is 2.83. The Labute approximate surface area is 165 Å². The quantitative estimate of drug-likeness (QED) is 0.542. The number of unbranched alkanes of at least 4 members (excludes halogenated alkanes) is 1. The van der Waals surface area contributed by atoms with Crippen LogP contribution < -0.4 is 0 Å². The van der Waals surface area contributed by atoms with Crippen LogP contribution in [0.4, 0.5) is 0 Å². The van der Waals surface area contributed by atoms with Crippen LogP contribution >= 0.6 is 0 Å². The van der Waals surface area contributed by atoms with Crippen LogP contribution in [0.3, 0.4) is 0 Å². The summed E-state index contributed by atoms with van der Waals surface area (Å²) in [4.78, 5) is 41.4. The Morgan fingerprint density at radius 3 is 2.36 bits per heavy atom. The molecule has 2 amide bonds. The first kappa shape index (κ1) is 20.5.